The van der Waals surface area contributed by atoms with E-state index in [2.05, 4.69) is 85.9 Å². The van der Waals surface area contributed by atoms with Crippen LogP contribution in [0.5, 0.6) is 0 Å². The van der Waals surface area contributed by atoms with Gasteiger partial charge in [-0.15, -0.1) is 0 Å². The summed E-state index contributed by atoms with van der Waals surface area (Å²) >= 11 is 0. The molecule has 1 fully saturated rings. The molecule has 1 heteroatoms. The average Bonchev–Trinajstić information content (AvgIpc) is 3.28. The molecule has 1 nitrogen and oxygen atoms in total. The predicted molar refractivity (Wildman–Crippen MR) is 188 cm³/mol. The molecule has 5 rings (SSSR count). The van der Waals surface area contributed by atoms with E-state index in [9.17, 15) is 0 Å². The normalized spacial score (nSPS) is 34.7. The number of hydrogen-bond donors (Lipinski definition) is 1. The van der Waals surface area contributed by atoms with Crippen LogP contribution >= 0.6 is 0 Å². The molecule has 43 heavy (non-hydrogen) atoms. The zero-order valence-corrected chi connectivity index (χ0v) is 29.9. The van der Waals surface area contributed by atoms with E-state index in [0.29, 0.717) is 23.8 Å². The first kappa shape index (κ1) is 33.3. The van der Waals surface area contributed by atoms with Gasteiger partial charge in [0.05, 0.1) is 0 Å². The molecule has 7 unspecified atom stereocenters. The van der Waals surface area contributed by atoms with Gasteiger partial charge in [0.15, 0.2) is 0 Å². The summed E-state index contributed by atoms with van der Waals surface area (Å²) in [6.45, 7) is 23.5. The van der Waals surface area contributed by atoms with Gasteiger partial charge in [0, 0.05) is 18.5 Å². The van der Waals surface area contributed by atoms with Crippen molar-refractivity contribution in [2.45, 2.75) is 145 Å². The Labute approximate surface area is 267 Å². The summed E-state index contributed by atoms with van der Waals surface area (Å²) in [5, 5.41) is 4.37. The van der Waals surface area contributed by atoms with E-state index in [1.54, 1.807) is 22.3 Å². The Morgan fingerprint density at radius 3 is 1.98 bits per heavy atom. The molecule has 0 aromatic rings. The summed E-state index contributed by atoms with van der Waals surface area (Å²) in [5.74, 6) is 8.56. The molecule has 0 saturated heterocycles. The highest BCUT2D eigenvalue weighted by Gasteiger charge is 2.44. The number of rotatable bonds is 12. The first-order valence-corrected chi connectivity index (χ1v) is 19.2. The average molecular weight is 588 g/mol. The summed E-state index contributed by atoms with van der Waals surface area (Å²) in [6, 6.07) is 0.689. The van der Waals surface area contributed by atoms with Crippen LogP contribution in [0.4, 0.5) is 0 Å². The maximum Gasteiger partial charge on any atom is 0.0129 e. The summed E-state index contributed by atoms with van der Waals surface area (Å²) in [4.78, 5) is 0. The monoisotopic (exact) mass is 588 g/mol. The second-order valence-corrected chi connectivity index (χ2v) is 17.0. The molecular weight excluding hydrogens is 518 g/mol. The van der Waals surface area contributed by atoms with Crippen molar-refractivity contribution in [3.63, 3.8) is 0 Å². The number of unbranched alkanes of at least 4 members (excludes halogenated alkanes) is 1. The minimum Gasteiger partial charge on any atom is -0.313 e. The van der Waals surface area contributed by atoms with Crippen LogP contribution in [0.1, 0.15) is 139 Å². The van der Waals surface area contributed by atoms with Gasteiger partial charge >= 0.3 is 0 Å². The number of hydrogen-bond acceptors (Lipinski definition) is 1. The number of allylic oxidation sites excluding steroid dienone is 7. The highest BCUT2D eigenvalue weighted by atomic mass is 14.9. The van der Waals surface area contributed by atoms with E-state index in [4.69, 9.17) is 0 Å². The molecule has 0 amide bonds. The number of nitrogens with one attached hydrogen (secondary N) is 1. The van der Waals surface area contributed by atoms with Crippen molar-refractivity contribution in [3.8, 4) is 0 Å². The highest BCUT2D eigenvalue weighted by molar-refractivity contribution is 5.60. The highest BCUT2D eigenvalue weighted by Crippen LogP contribution is 2.54. The topological polar surface area (TPSA) is 12.0 Å². The lowest BCUT2D eigenvalue weighted by Gasteiger charge is -2.44. The third-order valence-electron chi connectivity index (χ3n) is 13.1. The zero-order chi connectivity index (χ0) is 30.8. The molecule has 0 aliphatic heterocycles. The molecule has 0 aromatic carbocycles. The SMILES string of the molecule is CC(C)C1=CCCC(C(C)C)C1CCCCC1C2=CCC(C)C3=CCCC(=C32)C1CNC1C(C(C)C)CCCC1C(C)C. The van der Waals surface area contributed by atoms with Gasteiger partial charge in [-0.1, -0.05) is 111 Å². The van der Waals surface area contributed by atoms with Gasteiger partial charge in [0.2, 0.25) is 0 Å². The summed E-state index contributed by atoms with van der Waals surface area (Å²) in [5.41, 5.74) is 8.88. The van der Waals surface area contributed by atoms with Crippen LogP contribution in [0.3, 0.4) is 0 Å². The lowest BCUT2D eigenvalue weighted by molar-refractivity contribution is 0.109. The van der Waals surface area contributed by atoms with E-state index in [1.165, 1.54) is 83.6 Å². The second-order valence-electron chi connectivity index (χ2n) is 17.0. The standard InChI is InChI=1S/C42H69N/c1-26(2)31-17-12-18-32(27(3)4)36(31)15-10-11-16-37-39-24-23-30(9)35-21-14-22-38(41(35)39)40(37)25-43-42-33(28(5)6)19-13-20-34(42)29(7)8/h17,21,24,26-30,32-34,36-37,40,42-43H,10-16,18-20,22-23,25H2,1-9H3. The summed E-state index contributed by atoms with van der Waals surface area (Å²) in [6.07, 6.45) is 24.4. The minimum absolute atomic E-state index is 0.689. The van der Waals surface area contributed by atoms with Gasteiger partial charge < -0.3 is 5.32 Å². The second kappa shape index (κ2) is 14.6. The first-order chi connectivity index (χ1) is 20.6. The van der Waals surface area contributed by atoms with Crippen molar-refractivity contribution in [3.05, 3.63) is 46.1 Å². The molecule has 1 saturated carbocycles. The van der Waals surface area contributed by atoms with Gasteiger partial charge in [-0.3, -0.25) is 0 Å². The molecule has 0 spiro atoms. The van der Waals surface area contributed by atoms with Crippen molar-refractivity contribution in [1.29, 1.82) is 0 Å². The van der Waals surface area contributed by atoms with Gasteiger partial charge in [0.25, 0.3) is 0 Å². The van der Waals surface area contributed by atoms with Crippen LogP contribution in [0.15, 0.2) is 46.1 Å². The lowest BCUT2D eigenvalue weighted by atomic mass is 9.68. The van der Waals surface area contributed by atoms with Gasteiger partial charge in [-0.25, -0.2) is 0 Å². The van der Waals surface area contributed by atoms with Crippen LogP contribution in [0, 0.1) is 65.1 Å². The molecule has 0 heterocycles. The molecule has 0 radical (unpaired) electrons. The molecule has 242 valence electrons. The Balaban J connectivity index is 1.32. The Kier molecular flexibility index (Phi) is 11.3. The van der Waals surface area contributed by atoms with Crippen molar-refractivity contribution >= 4 is 0 Å². The smallest absolute Gasteiger partial charge is 0.0129 e. The Morgan fingerprint density at radius 1 is 0.698 bits per heavy atom. The molecule has 5 aliphatic rings. The van der Waals surface area contributed by atoms with Crippen molar-refractivity contribution in [2.75, 3.05) is 6.54 Å². The van der Waals surface area contributed by atoms with Crippen LogP contribution in [-0.4, -0.2) is 12.6 Å². The van der Waals surface area contributed by atoms with E-state index >= 15 is 0 Å². The fourth-order valence-corrected chi connectivity index (χ4v) is 10.9. The first-order valence-electron chi connectivity index (χ1n) is 19.2. The van der Waals surface area contributed by atoms with E-state index in [0.717, 1.165) is 47.3 Å². The molecular formula is C42H69N. The van der Waals surface area contributed by atoms with Gasteiger partial charge in [-0.2, -0.15) is 0 Å². The molecule has 7 atom stereocenters. The lowest BCUT2D eigenvalue weighted by Crippen LogP contribution is -2.50. The summed E-state index contributed by atoms with van der Waals surface area (Å²) in [7, 11) is 0. The Bertz CT molecular complexity index is 1050. The molecule has 5 aliphatic carbocycles. The van der Waals surface area contributed by atoms with Gasteiger partial charge in [0.1, 0.15) is 0 Å². The van der Waals surface area contributed by atoms with Crippen LogP contribution in [0.2, 0.25) is 0 Å². The largest absolute Gasteiger partial charge is 0.313 e. The Hall–Kier alpha value is -1.08. The van der Waals surface area contributed by atoms with Crippen molar-refractivity contribution < 1.29 is 0 Å². The predicted octanol–water partition coefficient (Wildman–Crippen LogP) is 11.7. The van der Waals surface area contributed by atoms with E-state index < -0.39 is 0 Å². The van der Waals surface area contributed by atoms with E-state index in [1.807, 2.05) is 5.57 Å². The third-order valence-corrected chi connectivity index (χ3v) is 13.1. The fourth-order valence-electron chi connectivity index (χ4n) is 10.9. The van der Waals surface area contributed by atoms with E-state index in [-0.39, 0.29) is 0 Å². The molecule has 0 bridgehead atoms. The van der Waals surface area contributed by atoms with Crippen molar-refractivity contribution in [1.82, 2.24) is 5.32 Å². The van der Waals surface area contributed by atoms with Crippen LogP contribution < -0.4 is 5.32 Å². The van der Waals surface area contributed by atoms with Crippen molar-refractivity contribution in [2.24, 2.45) is 65.1 Å². The minimum atomic E-state index is 0.689. The fraction of sp³-hybridized carbons (Fsp3) is 0.810. The quantitative estimate of drug-likeness (QED) is 0.177. The maximum absolute atomic E-state index is 4.37. The third kappa shape index (κ3) is 7.03. The van der Waals surface area contributed by atoms with Gasteiger partial charge in [-0.05, 0) is 134 Å². The Morgan fingerprint density at radius 2 is 1.35 bits per heavy atom. The van der Waals surface area contributed by atoms with Crippen LogP contribution in [0.25, 0.3) is 0 Å². The maximum atomic E-state index is 4.37. The summed E-state index contributed by atoms with van der Waals surface area (Å²) < 4.78 is 0. The molecule has 0 aromatic heterocycles. The zero-order valence-electron chi connectivity index (χ0n) is 29.9. The van der Waals surface area contributed by atoms with Crippen LogP contribution in [-0.2, 0) is 0 Å². The molecule has 1 N–H and O–H groups in total.